The van der Waals surface area contributed by atoms with Crippen molar-refractivity contribution < 1.29 is 9.90 Å². The Hall–Kier alpha value is -2.53. The van der Waals surface area contributed by atoms with Crippen LogP contribution >= 0.6 is 11.3 Å². The van der Waals surface area contributed by atoms with Crippen molar-refractivity contribution in [3.63, 3.8) is 0 Å². The molecule has 0 atom stereocenters. The Kier molecular flexibility index (Phi) is 3.50. The van der Waals surface area contributed by atoms with Crippen LogP contribution in [0.5, 0.6) is 0 Å². The zero-order chi connectivity index (χ0) is 14.8. The van der Waals surface area contributed by atoms with Crippen LogP contribution in [0.1, 0.15) is 26.1 Å². The summed E-state index contributed by atoms with van der Waals surface area (Å²) >= 11 is 1.36. The summed E-state index contributed by atoms with van der Waals surface area (Å²) in [5.74, 6) is -0.994. The largest absolute Gasteiger partial charge is 0.476 e. The molecule has 0 spiro atoms. The lowest BCUT2D eigenvalue weighted by Crippen LogP contribution is -1.98. The van der Waals surface area contributed by atoms with Crippen molar-refractivity contribution in [1.29, 1.82) is 0 Å². The van der Waals surface area contributed by atoms with Crippen molar-refractivity contribution in [2.45, 2.75) is 6.92 Å². The lowest BCUT2D eigenvalue weighted by Gasteiger charge is -1.99. The summed E-state index contributed by atoms with van der Waals surface area (Å²) in [6.45, 7) is 1.76. The zero-order valence-electron chi connectivity index (χ0n) is 11.3. The number of aryl methyl sites for hydroxylation is 1. The molecule has 0 fully saturated rings. The van der Waals surface area contributed by atoms with Crippen molar-refractivity contribution in [1.82, 2.24) is 9.97 Å². The van der Waals surface area contributed by atoms with E-state index in [4.69, 9.17) is 5.11 Å². The van der Waals surface area contributed by atoms with Crippen LogP contribution in [0.15, 0.2) is 36.5 Å². The Morgan fingerprint density at radius 2 is 2.05 bits per heavy atom. The van der Waals surface area contributed by atoms with Gasteiger partial charge in [-0.25, -0.2) is 9.78 Å². The number of fused-ring (bicyclic) bond motifs is 1. The molecular formula is C16H12N2O2S. The third-order valence-corrected chi connectivity index (χ3v) is 4.04. The third-order valence-electron chi connectivity index (χ3n) is 3.10. The molecular weight excluding hydrogens is 284 g/mol. The second kappa shape index (κ2) is 5.46. The van der Waals surface area contributed by atoms with Crippen LogP contribution in [0, 0.1) is 6.92 Å². The smallest absolute Gasteiger partial charge is 0.355 e. The van der Waals surface area contributed by atoms with Gasteiger partial charge in [-0.15, -0.1) is 11.3 Å². The zero-order valence-corrected chi connectivity index (χ0v) is 12.1. The minimum Gasteiger partial charge on any atom is -0.476 e. The molecule has 5 heteroatoms. The van der Waals surface area contributed by atoms with Gasteiger partial charge in [-0.2, -0.15) is 0 Å². The highest BCUT2D eigenvalue weighted by Gasteiger charge is 2.12. The molecule has 104 valence electrons. The lowest BCUT2D eigenvalue weighted by molar-refractivity contribution is 0.0690. The second-order valence-corrected chi connectivity index (χ2v) is 5.75. The summed E-state index contributed by atoms with van der Waals surface area (Å²) < 4.78 is 0. The van der Waals surface area contributed by atoms with E-state index in [1.807, 2.05) is 36.4 Å². The SMILES string of the molecule is Cc1sc(/C=C/c2nccc3ccccc23)nc1C(=O)O. The molecule has 4 nitrogen and oxygen atoms in total. The number of aromatic nitrogens is 2. The number of rotatable bonds is 3. The van der Waals surface area contributed by atoms with Gasteiger partial charge in [-0.1, -0.05) is 24.3 Å². The third kappa shape index (κ3) is 2.68. The first-order valence-electron chi connectivity index (χ1n) is 6.38. The van der Waals surface area contributed by atoms with E-state index in [1.165, 1.54) is 11.3 Å². The molecule has 1 aromatic carbocycles. The number of benzene rings is 1. The maximum atomic E-state index is 11.0. The fraction of sp³-hybridized carbons (Fsp3) is 0.0625. The minimum atomic E-state index is -0.994. The Morgan fingerprint density at radius 3 is 2.81 bits per heavy atom. The highest BCUT2D eigenvalue weighted by Crippen LogP contribution is 2.22. The fourth-order valence-electron chi connectivity index (χ4n) is 2.11. The van der Waals surface area contributed by atoms with E-state index in [-0.39, 0.29) is 5.69 Å². The molecule has 0 radical (unpaired) electrons. The summed E-state index contributed by atoms with van der Waals surface area (Å²) in [7, 11) is 0. The number of thiazole rings is 1. The van der Waals surface area contributed by atoms with Crippen LogP contribution in [0.3, 0.4) is 0 Å². The monoisotopic (exact) mass is 296 g/mol. The highest BCUT2D eigenvalue weighted by molar-refractivity contribution is 7.12. The van der Waals surface area contributed by atoms with Crippen LogP contribution in [-0.2, 0) is 0 Å². The van der Waals surface area contributed by atoms with E-state index in [0.29, 0.717) is 9.88 Å². The standard InChI is InChI=1S/C16H12N2O2S/c1-10-15(16(19)20)18-14(21-10)7-6-13-12-5-3-2-4-11(12)8-9-17-13/h2-9H,1H3,(H,19,20)/b7-6+. The first-order valence-corrected chi connectivity index (χ1v) is 7.19. The number of carbonyl (C=O) groups is 1. The maximum absolute atomic E-state index is 11.0. The summed E-state index contributed by atoms with van der Waals surface area (Å²) in [5.41, 5.74) is 0.961. The lowest BCUT2D eigenvalue weighted by atomic mass is 10.1. The quantitative estimate of drug-likeness (QED) is 0.797. The van der Waals surface area contributed by atoms with Gasteiger partial charge in [-0.3, -0.25) is 4.98 Å². The van der Waals surface area contributed by atoms with Gasteiger partial charge in [0.1, 0.15) is 5.01 Å². The van der Waals surface area contributed by atoms with Gasteiger partial charge in [0.05, 0.1) is 5.69 Å². The topological polar surface area (TPSA) is 63.1 Å². The van der Waals surface area contributed by atoms with Gasteiger partial charge in [0.2, 0.25) is 0 Å². The first kappa shape index (κ1) is 13.5. The highest BCUT2D eigenvalue weighted by atomic mass is 32.1. The van der Waals surface area contributed by atoms with Crippen molar-refractivity contribution in [2.24, 2.45) is 0 Å². The normalized spacial score (nSPS) is 11.3. The summed E-state index contributed by atoms with van der Waals surface area (Å²) in [5, 5.41) is 11.9. The predicted octanol–water partition coefficient (Wildman–Crippen LogP) is 3.87. The van der Waals surface area contributed by atoms with Gasteiger partial charge in [-0.05, 0) is 30.5 Å². The second-order valence-electron chi connectivity index (χ2n) is 4.51. The maximum Gasteiger partial charge on any atom is 0.355 e. The van der Waals surface area contributed by atoms with Crippen molar-refractivity contribution in [3.05, 3.63) is 57.8 Å². The van der Waals surface area contributed by atoms with Gasteiger partial charge in [0, 0.05) is 16.5 Å². The average Bonchev–Trinajstić information content (AvgIpc) is 2.86. The molecule has 0 aliphatic rings. The molecule has 0 aliphatic carbocycles. The van der Waals surface area contributed by atoms with Crippen LogP contribution in [-0.4, -0.2) is 21.0 Å². The van der Waals surface area contributed by atoms with E-state index in [1.54, 1.807) is 19.2 Å². The number of hydrogen-bond donors (Lipinski definition) is 1. The first-order chi connectivity index (χ1) is 10.1. The van der Waals surface area contributed by atoms with E-state index < -0.39 is 5.97 Å². The van der Waals surface area contributed by atoms with Crippen molar-refractivity contribution in [3.8, 4) is 0 Å². The molecule has 0 aliphatic heterocycles. The number of nitrogens with zero attached hydrogens (tertiary/aromatic N) is 2. The minimum absolute atomic E-state index is 0.116. The molecule has 2 aromatic heterocycles. The molecule has 2 heterocycles. The van der Waals surface area contributed by atoms with E-state index in [2.05, 4.69) is 9.97 Å². The molecule has 3 aromatic rings. The van der Waals surface area contributed by atoms with E-state index in [9.17, 15) is 4.79 Å². The average molecular weight is 296 g/mol. The molecule has 0 unspecified atom stereocenters. The number of aromatic carboxylic acids is 1. The molecule has 0 bridgehead atoms. The summed E-state index contributed by atoms with van der Waals surface area (Å²) in [4.78, 5) is 20.2. The molecule has 1 N–H and O–H groups in total. The number of pyridine rings is 1. The number of carboxylic acid groups (broad SMARTS) is 1. The summed E-state index contributed by atoms with van der Waals surface area (Å²) in [6.07, 6.45) is 5.43. The van der Waals surface area contributed by atoms with Crippen molar-refractivity contribution in [2.75, 3.05) is 0 Å². The van der Waals surface area contributed by atoms with Crippen LogP contribution < -0.4 is 0 Å². The van der Waals surface area contributed by atoms with Gasteiger partial charge in [0.25, 0.3) is 0 Å². The molecule has 0 saturated carbocycles. The van der Waals surface area contributed by atoms with Crippen LogP contribution in [0.2, 0.25) is 0 Å². The van der Waals surface area contributed by atoms with Gasteiger partial charge >= 0.3 is 5.97 Å². The Morgan fingerprint density at radius 1 is 1.24 bits per heavy atom. The van der Waals surface area contributed by atoms with Gasteiger partial charge in [0.15, 0.2) is 5.69 Å². The van der Waals surface area contributed by atoms with E-state index in [0.717, 1.165) is 16.5 Å². The predicted molar refractivity (Wildman–Crippen MR) is 84.5 cm³/mol. The number of carboxylic acids is 1. The van der Waals surface area contributed by atoms with E-state index >= 15 is 0 Å². The number of hydrogen-bond acceptors (Lipinski definition) is 4. The molecule has 0 saturated heterocycles. The Labute approximate surface area is 125 Å². The van der Waals surface area contributed by atoms with Crippen LogP contribution in [0.4, 0.5) is 0 Å². The molecule has 0 amide bonds. The Bertz CT molecular complexity index is 847. The van der Waals surface area contributed by atoms with Crippen molar-refractivity contribution >= 4 is 40.2 Å². The fourth-order valence-corrected chi connectivity index (χ4v) is 2.93. The Balaban J connectivity index is 1.98. The molecule has 3 rings (SSSR count). The van der Waals surface area contributed by atoms with Crippen LogP contribution in [0.25, 0.3) is 22.9 Å². The summed E-state index contributed by atoms with van der Waals surface area (Å²) in [6, 6.07) is 9.96. The van der Waals surface area contributed by atoms with Gasteiger partial charge < -0.3 is 5.11 Å². The molecule has 21 heavy (non-hydrogen) atoms.